The summed E-state index contributed by atoms with van der Waals surface area (Å²) >= 11 is 0. The van der Waals surface area contributed by atoms with Crippen molar-refractivity contribution in [2.24, 2.45) is 11.7 Å². The Kier molecular flexibility index (Phi) is 3.98. The number of para-hydroxylation sites is 1. The number of carbonyl (C=O) groups is 1. The van der Waals surface area contributed by atoms with Gasteiger partial charge in [0.05, 0.1) is 0 Å². The fraction of sp³-hybridized carbons (Fsp3) is 0.462. The quantitative estimate of drug-likeness (QED) is 0.597. The molecule has 1 aliphatic carbocycles. The van der Waals surface area contributed by atoms with Gasteiger partial charge in [-0.15, -0.1) is 0 Å². The predicted octanol–water partition coefficient (Wildman–Crippen LogP) is 1.35. The third-order valence-electron chi connectivity index (χ3n) is 2.74. The molecule has 0 aliphatic heterocycles. The van der Waals surface area contributed by atoms with Gasteiger partial charge in [0.2, 0.25) is 0 Å². The highest BCUT2D eigenvalue weighted by Gasteiger charge is 2.34. The fourth-order valence-corrected chi connectivity index (χ4v) is 1.56. The van der Waals surface area contributed by atoms with Crippen LogP contribution in [0.3, 0.4) is 0 Å². The minimum atomic E-state index is -0.452. The molecule has 2 rings (SSSR count). The fourth-order valence-electron chi connectivity index (χ4n) is 1.56. The van der Waals surface area contributed by atoms with Crippen molar-refractivity contribution in [1.29, 1.82) is 0 Å². The highest BCUT2D eigenvalue weighted by molar-refractivity contribution is 5.76. The van der Waals surface area contributed by atoms with E-state index in [9.17, 15) is 4.79 Å². The molecule has 1 aromatic carbocycles. The minimum Gasteiger partial charge on any atom is -0.490 e. The molecule has 92 valence electrons. The number of ether oxygens (including phenoxy) is 2. The molecule has 1 atom stereocenters. The van der Waals surface area contributed by atoms with Gasteiger partial charge in [0.15, 0.2) is 0 Å². The van der Waals surface area contributed by atoms with Gasteiger partial charge < -0.3 is 15.2 Å². The zero-order valence-corrected chi connectivity index (χ0v) is 9.67. The van der Waals surface area contributed by atoms with E-state index in [1.54, 1.807) is 0 Å². The smallest absolute Gasteiger partial charge is 0.323 e. The Labute approximate surface area is 101 Å². The lowest BCUT2D eigenvalue weighted by molar-refractivity contribution is -0.146. The van der Waals surface area contributed by atoms with Crippen LogP contribution in [0.25, 0.3) is 0 Å². The lowest BCUT2D eigenvalue weighted by Crippen LogP contribution is -2.35. The summed E-state index contributed by atoms with van der Waals surface area (Å²) < 4.78 is 10.4. The number of esters is 1. The summed E-state index contributed by atoms with van der Waals surface area (Å²) in [6.07, 6.45) is 2.08. The van der Waals surface area contributed by atoms with Crippen molar-refractivity contribution in [3.63, 3.8) is 0 Å². The maximum atomic E-state index is 11.4. The van der Waals surface area contributed by atoms with Crippen LogP contribution in [0.5, 0.6) is 5.75 Å². The maximum Gasteiger partial charge on any atom is 0.323 e. The molecule has 17 heavy (non-hydrogen) atoms. The predicted molar refractivity (Wildman–Crippen MR) is 63.6 cm³/mol. The van der Waals surface area contributed by atoms with Crippen LogP contribution in [-0.2, 0) is 9.53 Å². The molecule has 0 aromatic heterocycles. The van der Waals surface area contributed by atoms with E-state index in [4.69, 9.17) is 15.2 Å². The lowest BCUT2D eigenvalue weighted by atomic mass is 10.2. The molecular formula is C13H17NO3. The highest BCUT2D eigenvalue weighted by Crippen LogP contribution is 2.31. The van der Waals surface area contributed by atoms with Gasteiger partial charge >= 0.3 is 5.97 Å². The molecule has 0 heterocycles. The summed E-state index contributed by atoms with van der Waals surface area (Å²) in [5, 5.41) is 0. The van der Waals surface area contributed by atoms with E-state index in [1.807, 2.05) is 30.3 Å². The molecule has 0 saturated heterocycles. The van der Waals surface area contributed by atoms with E-state index in [0.29, 0.717) is 12.5 Å². The molecule has 1 aromatic rings. The standard InChI is InChI=1S/C13H17NO3/c14-12(10-6-7-10)13(15)17-9-8-16-11-4-2-1-3-5-11/h1-5,10,12H,6-9,14H2. The second kappa shape index (κ2) is 5.68. The maximum absolute atomic E-state index is 11.4. The normalized spacial score (nSPS) is 16.3. The van der Waals surface area contributed by atoms with Crippen molar-refractivity contribution in [1.82, 2.24) is 0 Å². The van der Waals surface area contributed by atoms with E-state index in [-0.39, 0.29) is 12.6 Å². The summed E-state index contributed by atoms with van der Waals surface area (Å²) in [5.74, 6) is 0.789. The Morgan fingerprint density at radius 2 is 2.00 bits per heavy atom. The van der Waals surface area contributed by atoms with Gasteiger partial charge in [0.25, 0.3) is 0 Å². The summed E-state index contributed by atoms with van der Waals surface area (Å²) in [7, 11) is 0. The number of benzene rings is 1. The monoisotopic (exact) mass is 235 g/mol. The number of rotatable bonds is 6. The minimum absolute atomic E-state index is 0.244. The van der Waals surface area contributed by atoms with Crippen molar-refractivity contribution in [2.75, 3.05) is 13.2 Å². The number of hydrogen-bond donors (Lipinski definition) is 1. The zero-order valence-electron chi connectivity index (χ0n) is 9.67. The second-order valence-corrected chi connectivity index (χ2v) is 4.19. The summed E-state index contributed by atoms with van der Waals surface area (Å²) in [4.78, 5) is 11.4. The third-order valence-corrected chi connectivity index (χ3v) is 2.74. The molecule has 2 N–H and O–H groups in total. The van der Waals surface area contributed by atoms with Crippen LogP contribution in [0.4, 0.5) is 0 Å². The zero-order chi connectivity index (χ0) is 12.1. The summed E-state index contributed by atoms with van der Waals surface area (Å²) in [5.41, 5.74) is 5.70. The van der Waals surface area contributed by atoms with Crippen molar-refractivity contribution in [2.45, 2.75) is 18.9 Å². The molecule has 1 unspecified atom stereocenters. The Hall–Kier alpha value is -1.55. The number of hydrogen-bond acceptors (Lipinski definition) is 4. The Bertz CT molecular complexity index is 362. The molecule has 1 saturated carbocycles. The number of nitrogens with two attached hydrogens (primary N) is 1. The Morgan fingerprint density at radius 1 is 1.29 bits per heavy atom. The molecule has 0 radical (unpaired) electrons. The van der Waals surface area contributed by atoms with Gasteiger partial charge in [-0.1, -0.05) is 18.2 Å². The molecule has 0 amide bonds. The van der Waals surface area contributed by atoms with Gasteiger partial charge in [0.1, 0.15) is 25.0 Å². The molecular weight excluding hydrogens is 218 g/mol. The van der Waals surface area contributed by atoms with E-state index in [0.717, 1.165) is 18.6 Å². The van der Waals surface area contributed by atoms with Gasteiger partial charge in [-0.2, -0.15) is 0 Å². The van der Waals surface area contributed by atoms with Crippen LogP contribution < -0.4 is 10.5 Å². The van der Waals surface area contributed by atoms with E-state index < -0.39 is 6.04 Å². The van der Waals surface area contributed by atoms with Gasteiger partial charge in [-0.3, -0.25) is 4.79 Å². The van der Waals surface area contributed by atoms with Crippen LogP contribution in [0.2, 0.25) is 0 Å². The van der Waals surface area contributed by atoms with Crippen molar-refractivity contribution < 1.29 is 14.3 Å². The van der Waals surface area contributed by atoms with Crippen LogP contribution >= 0.6 is 0 Å². The average molecular weight is 235 g/mol. The third kappa shape index (κ3) is 3.75. The molecule has 1 aliphatic rings. The van der Waals surface area contributed by atoms with E-state index in [2.05, 4.69) is 0 Å². The van der Waals surface area contributed by atoms with Crippen molar-refractivity contribution in [3.8, 4) is 5.75 Å². The lowest BCUT2D eigenvalue weighted by Gasteiger charge is -2.11. The molecule has 4 nitrogen and oxygen atoms in total. The topological polar surface area (TPSA) is 61.6 Å². The molecule has 1 fully saturated rings. The van der Waals surface area contributed by atoms with Gasteiger partial charge in [0, 0.05) is 0 Å². The van der Waals surface area contributed by atoms with Gasteiger partial charge in [-0.05, 0) is 30.9 Å². The first-order valence-corrected chi connectivity index (χ1v) is 5.87. The first-order valence-electron chi connectivity index (χ1n) is 5.87. The Morgan fingerprint density at radius 3 is 2.65 bits per heavy atom. The SMILES string of the molecule is NC(C(=O)OCCOc1ccccc1)C1CC1. The summed E-state index contributed by atoms with van der Waals surface area (Å²) in [6.45, 7) is 0.598. The first kappa shape index (κ1) is 11.9. The van der Waals surface area contributed by atoms with Crippen molar-refractivity contribution >= 4 is 5.97 Å². The average Bonchev–Trinajstić information content (AvgIpc) is 3.19. The Balaban J connectivity index is 1.61. The van der Waals surface area contributed by atoms with Crippen molar-refractivity contribution in [3.05, 3.63) is 30.3 Å². The van der Waals surface area contributed by atoms with E-state index >= 15 is 0 Å². The largest absolute Gasteiger partial charge is 0.490 e. The molecule has 0 spiro atoms. The van der Waals surface area contributed by atoms with Crippen LogP contribution in [0.15, 0.2) is 30.3 Å². The van der Waals surface area contributed by atoms with E-state index in [1.165, 1.54) is 0 Å². The molecule has 0 bridgehead atoms. The molecule has 4 heteroatoms. The number of carbonyl (C=O) groups excluding carboxylic acids is 1. The van der Waals surface area contributed by atoms with Crippen LogP contribution in [-0.4, -0.2) is 25.2 Å². The van der Waals surface area contributed by atoms with Crippen LogP contribution in [0, 0.1) is 5.92 Å². The van der Waals surface area contributed by atoms with Crippen LogP contribution in [0.1, 0.15) is 12.8 Å². The van der Waals surface area contributed by atoms with Gasteiger partial charge in [-0.25, -0.2) is 0 Å². The second-order valence-electron chi connectivity index (χ2n) is 4.19. The highest BCUT2D eigenvalue weighted by atomic mass is 16.6. The summed E-state index contributed by atoms with van der Waals surface area (Å²) in [6, 6.07) is 8.97. The first-order chi connectivity index (χ1) is 8.27.